The van der Waals surface area contributed by atoms with E-state index in [0.717, 1.165) is 0 Å². The van der Waals surface area contributed by atoms with Crippen LogP contribution < -0.4 is 0 Å². The van der Waals surface area contributed by atoms with E-state index in [1.807, 2.05) is 0 Å². The van der Waals surface area contributed by atoms with Crippen LogP contribution >= 0.6 is 0 Å². The highest BCUT2D eigenvalue weighted by Crippen LogP contribution is 2.47. The van der Waals surface area contributed by atoms with Crippen molar-refractivity contribution in [3.05, 3.63) is 0 Å². The second kappa shape index (κ2) is 3.43. The Balaban J connectivity index is 2.12. The van der Waals surface area contributed by atoms with Crippen molar-refractivity contribution in [2.45, 2.75) is 45.2 Å². The van der Waals surface area contributed by atoms with Crippen LogP contribution in [0.2, 0.25) is 0 Å². The van der Waals surface area contributed by atoms with Crippen LogP contribution in [0.5, 0.6) is 0 Å². The Labute approximate surface area is 88.6 Å². The molecule has 0 aliphatic carbocycles. The number of rotatable bonds is 2. The van der Waals surface area contributed by atoms with Gasteiger partial charge in [0, 0.05) is 6.42 Å². The maximum atomic E-state index is 11.7. The van der Waals surface area contributed by atoms with Crippen LogP contribution in [0, 0.1) is 5.92 Å². The Hall–Kier alpha value is -0.650. The highest BCUT2D eigenvalue weighted by Gasteiger charge is 2.58. The molecule has 5 heteroatoms. The standard InChI is InChI=1S/C10H16O5/c1-4-12-8(11)7-5-6-9(2)13-10(7,3)15-14-9/h7H,4-6H2,1-3H3/t7-,9-,10+/m0/s1. The minimum absolute atomic E-state index is 0.285. The number of carbonyl (C=O) groups excluding carboxylic acids is 1. The predicted octanol–water partition coefficient (Wildman–Crippen LogP) is 1.37. The van der Waals surface area contributed by atoms with Crippen molar-refractivity contribution in [2.24, 2.45) is 5.92 Å². The summed E-state index contributed by atoms with van der Waals surface area (Å²) in [4.78, 5) is 21.9. The SMILES string of the molecule is CCOC(=O)[C@@H]1CC[C@]2(C)OO[C@@]1(C)O2. The second-order valence-electron chi connectivity index (χ2n) is 4.26. The zero-order valence-electron chi connectivity index (χ0n) is 9.24. The molecule has 2 heterocycles. The van der Waals surface area contributed by atoms with Crippen LogP contribution in [0.15, 0.2) is 0 Å². The Morgan fingerprint density at radius 2 is 2.20 bits per heavy atom. The molecule has 2 rings (SSSR count). The Morgan fingerprint density at radius 1 is 1.47 bits per heavy atom. The zero-order valence-corrected chi connectivity index (χ0v) is 9.24. The lowest BCUT2D eigenvalue weighted by atomic mass is 9.89. The summed E-state index contributed by atoms with van der Waals surface area (Å²) in [5.41, 5.74) is 0. The molecule has 15 heavy (non-hydrogen) atoms. The summed E-state index contributed by atoms with van der Waals surface area (Å²) in [5, 5.41) is 0. The Kier molecular flexibility index (Phi) is 2.48. The predicted molar refractivity (Wildman–Crippen MR) is 49.4 cm³/mol. The van der Waals surface area contributed by atoms with E-state index in [-0.39, 0.29) is 5.97 Å². The first-order valence-electron chi connectivity index (χ1n) is 5.23. The average Bonchev–Trinajstić information content (AvgIpc) is 2.38. The van der Waals surface area contributed by atoms with Crippen molar-refractivity contribution in [3.8, 4) is 0 Å². The summed E-state index contributed by atoms with van der Waals surface area (Å²) in [6.45, 7) is 5.65. The molecule has 2 aliphatic rings. The first-order chi connectivity index (χ1) is 6.99. The third-order valence-electron chi connectivity index (χ3n) is 2.89. The van der Waals surface area contributed by atoms with Crippen molar-refractivity contribution in [1.29, 1.82) is 0 Å². The van der Waals surface area contributed by atoms with Crippen molar-refractivity contribution in [1.82, 2.24) is 0 Å². The molecular weight excluding hydrogens is 200 g/mol. The molecule has 86 valence electrons. The summed E-state index contributed by atoms with van der Waals surface area (Å²) in [6, 6.07) is 0. The first kappa shape index (κ1) is 10.9. The average molecular weight is 216 g/mol. The molecule has 0 aromatic carbocycles. The van der Waals surface area contributed by atoms with Gasteiger partial charge in [0.15, 0.2) is 0 Å². The number of hydrogen-bond donors (Lipinski definition) is 0. The molecule has 0 saturated carbocycles. The van der Waals surface area contributed by atoms with Gasteiger partial charge in [-0.05, 0) is 27.2 Å². The number of carbonyl (C=O) groups is 1. The maximum Gasteiger partial charge on any atom is 0.314 e. The molecule has 5 nitrogen and oxygen atoms in total. The lowest BCUT2D eigenvalue weighted by Crippen LogP contribution is -2.47. The van der Waals surface area contributed by atoms with Crippen molar-refractivity contribution < 1.29 is 24.0 Å². The summed E-state index contributed by atoms with van der Waals surface area (Å²) < 4.78 is 10.6. The van der Waals surface area contributed by atoms with Crippen LogP contribution in [0.1, 0.15) is 33.6 Å². The van der Waals surface area contributed by atoms with Crippen LogP contribution in [-0.4, -0.2) is 24.2 Å². The third-order valence-corrected chi connectivity index (χ3v) is 2.89. The minimum Gasteiger partial charge on any atom is -0.466 e. The third kappa shape index (κ3) is 1.75. The smallest absolute Gasteiger partial charge is 0.314 e. The molecule has 2 aliphatic heterocycles. The van der Waals surface area contributed by atoms with Crippen molar-refractivity contribution in [2.75, 3.05) is 6.61 Å². The van der Waals surface area contributed by atoms with Crippen LogP contribution in [0.4, 0.5) is 0 Å². The molecule has 2 fully saturated rings. The van der Waals surface area contributed by atoms with E-state index in [4.69, 9.17) is 19.2 Å². The molecule has 2 bridgehead atoms. The van der Waals surface area contributed by atoms with Gasteiger partial charge < -0.3 is 9.47 Å². The molecule has 0 unspecified atom stereocenters. The lowest BCUT2D eigenvalue weighted by molar-refractivity contribution is -0.342. The van der Waals surface area contributed by atoms with Gasteiger partial charge in [-0.1, -0.05) is 0 Å². The molecule has 0 aromatic rings. The van der Waals surface area contributed by atoms with Gasteiger partial charge in [0.25, 0.3) is 0 Å². The van der Waals surface area contributed by atoms with E-state index in [2.05, 4.69) is 0 Å². The van der Waals surface area contributed by atoms with E-state index >= 15 is 0 Å². The van der Waals surface area contributed by atoms with Crippen LogP contribution in [0.3, 0.4) is 0 Å². The fourth-order valence-electron chi connectivity index (χ4n) is 2.10. The van der Waals surface area contributed by atoms with Gasteiger partial charge >= 0.3 is 5.97 Å². The fraction of sp³-hybridized carbons (Fsp3) is 0.900. The van der Waals surface area contributed by atoms with Gasteiger partial charge in [-0.25, -0.2) is 0 Å². The maximum absolute atomic E-state index is 11.7. The molecule has 0 N–H and O–H groups in total. The number of esters is 1. The Bertz CT molecular complexity index is 279. The topological polar surface area (TPSA) is 54.0 Å². The number of fused-ring (bicyclic) bond motifs is 2. The van der Waals surface area contributed by atoms with E-state index in [1.165, 1.54) is 0 Å². The molecule has 0 radical (unpaired) electrons. The summed E-state index contributed by atoms with van der Waals surface area (Å²) in [7, 11) is 0. The van der Waals surface area contributed by atoms with Gasteiger partial charge in [0.1, 0.15) is 5.92 Å². The van der Waals surface area contributed by atoms with E-state index < -0.39 is 17.5 Å². The van der Waals surface area contributed by atoms with Gasteiger partial charge in [0.2, 0.25) is 11.6 Å². The molecule has 2 saturated heterocycles. The molecule has 3 atom stereocenters. The second-order valence-corrected chi connectivity index (χ2v) is 4.26. The van der Waals surface area contributed by atoms with Gasteiger partial charge in [-0.2, -0.15) is 9.78 Å². The summed E-state index contributed by atoms with van der Waals surface area (Å²) in [6.07, 6.45) is 1.29. The molecule has 0 spiro atoms. The molecule has 0 aromatic heterocycles. The summed E-state index contributed by atoms with van der Waals surface area (Å²) in [5.74, 6) is -2.41. The normalized spacial score (nSPS) is 44.1. The van der Waals surface area contributed by atoms with Crippen LogP contribution in [-0.2, 0) is 24.0 Å². The Morgan fingerprint density at radius 3 is 2.87 bits per heavy atom. The number of hydrogen-bond acceptors (Lipinski definition) is 5. The van der Waals surface area contributed by atoms with Crippen molar-refractivity contribution >= 4 is 5.97 Å². The highest BCUT2D eigenvalue weighted by molar-refractivity contribution is 5.73. The fourth-order valence-corrected chi connectivity index (χ4v) is 2.10. The van der Waals surface area contributed by atoms with E-state index in [1.54, 1.807) is 20.8 Å². The largest absolute Gasteiger partial charge is 0.466 e. The first-order valence-corrected chi connectivity index (χ1v) is 5.23. The van der Waals surface area contributed by atoms with E-state index in [9.17, 15) is 4.79 Å². The quantitative estimate of drug-likeness (QED) is 0.515. The molecular formula is C10H16O5. The molecule has 0 amide bonds. The number of ether oxygens (including phenoxy) is 2. The summed E-state index contributed by atoms with van der Waals surface area (Å²) >= 11 is 0. The lowest BCUT2D eigenvalue weighted by Gasteiger charge is -2.35. The zero-order chi connectivity index (χ0) is 11.1. The monoisotopic (exact) mass is 216 g/mol. The van der Waals surface area contributed by atoms with Crippen LogP contribution in [0.25, 0.3) is 0 Å². The van der Waals surface area contributed by atoms with Gasteiger partial charge in [-0.3, -0.25) is 4.79 Å². The minimum atomic E-state index is -1.00. The van der Waals surface area contributed by atoms with Gasteiger partial charge in [0.05, 0.1) is 6.61 Å². The van der Waals surface area contributed by atoms with E-state index in [0.29, 0.717) is 19.4 Å². The van der Waals surface area contributed by atoms with Gasteiger partial charge in [-0.15, -0.1) is 0 Å². The van der Waals surface area contributed by atoms with Crippen molar-refractivity contribution in [3.63, 3.8) is 0 Å². The highest BCUT2D eigenvalue weighted by atomic mass is 17.3.